The van der Waals surface area contributed by atoms with Gasteiger partial charge in [0, 0.05) is 18.5 Å². The molecule has 6 nitrogen and oxygen atoms in total. The predicted octanol–water partition coefficient (Wildman–Crippen LogP) is 1.87. The third-order valence-electron chi connectivity index (χ3n) is 2.33. The van der Waals surface area contributed by atoms with Gasteiger partial charge >= 0.3 is 0 Å². The largest absolute Gasteiger partial charge is 0.454 e. The van der Waals surface area contributed by atoms with Gasteiger partial charge in [-0.3, -0.25) is 0 Å². The molecule has 18 heavy (non-hydrogen) atoms. The summed E-state index contributed by atoms with van der Waals surface area (Å²) in [5, 5.41) is 8.87. The molecule has 1 aliphatic rings. The van der Waals surface area contributed by atoms with E-state index in [9.17, 15) is 0 Å². The Hall–Kier alpha value is -2.81. The third-order valence-corrected chi connectivity index (χ3v) is 2.33. The van der Waals surface area contributed by atoms with Crippen LogP contribution in [0.4, 0.5) is 0 Å². The molecule has 1 aliphatic heterocycles. The van der Waals surface area contributed by atoms with Crippen molar-refractivity contribution in [2.75, 3.05) is 6.79 Å². The second kappa shape index (κ2) is 4.22. The molecule has 0 bridgehead atoms. The van der Waals surface area contributed by atoms with Crippen molar-refractivity contribution in [3.8, 4) is 29.2 Å². The lowest BCUT2D eigenvalue weighted by atomic mass is 10.3. The Bertz CT molecular complexity index is 637. The van der Waals surface area contributed by atoms with Crippen molar-refractivity contribution >= 4 is 0 Å². The number of hydrogen-bond donors (Lipinski definition) is 0. The molecule has 0 spiro atoms. The molecule has 0 fully saturated rings. The Kier molecular flexibility index (Phi) is 2.43. The number of nitriles is 1. The maximum Gasteiger partial charge on any atom is 0.256 e. The molecule has 2 aromatic rings. The fourth-order valence-electron chi connectivity index (χ4n) is 1.53. The van der Waals surface area contributed by atoms with Gasteiger partial charge in [0.05, 0.1) is 0 Å². The number of benzene rings is 1. The van der Waals surface area contributed by atoms with Crippen LogP contribution in [-0.2, 0) is 0 Å². The van der Waals surface area contributed by atoms with Crippen LogP contribution in [0.5, 0.6) is 23.1 Å². The molecular weight excluding hydrogens is 234 g/mol. The van der Waals surface area contributed by atoms with Gasteiger partial charge in [-0.2, -0.15) is 5.26 Å². The monoisotopic (exact) mass is 241 g/mol. The highest BCUT2D eigenvalue weighted by Gasteiger charge is 2.15. The van der Waals surface area contributed by atoms with Crippen LogP contribution >= 0.6 is 0 Å². The van der Waals surface area contributed by atoms with Crippen molar-refractivity contribution in [1.29, 1.82) is 5.26 Å². The Morgan fingerprint density at radius 1 is 1.17 bits per heavy atom. The molecule has 0 amide bonds. The van der Waals surface area contributed by atoms with Gasteiger partial charge in [-0.1, -0.05) is 0 Å². The minimum absolute atomic E-state index is 0.134. The molecule has 6 heteroatoms. The molecule has 88 valence electrons. The van der Waals surface area contributed by atoms with Crippen molar-refractivity contribution in [3.63, 3.8) is 0 Å². The highest BCUT2D eigenvalue weighted by Crippen LogP contribution is 2.36. The first kappa shape index (κ1) is 10.4. The highest BCUT2D eigenvalue weighted by molar-refractivity contribution is 5.48. The van der Waals surface area contributed by atoms with Crippen molar-refractivity contribution < 1.29 is 14.2 Å². The van der Waals surface area contributed by atoms with Crippen molar-refractivity contribution in [1.82, 2.24) is 9.97 Å². The average molecular weight is 241 g/mol. The van der Waals surface area contributed by atoms with Gasteiger partial charge in [0.2, 0.25) is 12.5 Å². The molecule has 0 radical (unpaired) electrons. The van der Waals surface area contributed by atoms with E-state index in [0.29, 0.717) is 17.2 Å². The molecule has 1 aromatic heterocycles. The summed E-state index contributed by atoms with van der Waals surface area (Å²) < 4.78 is 15.9. The molecule has 0 atom stereocenters. The average Bonchev–Trinajstić information content (AvgIpc) is 2.87. The fourth-order valence-corrected chi connectivity index (χ4v) is 1.53. The van der Waals surface area contributed by atoms with E-state index in [4.69, 9.17) is 19.5 Å². The number of aromatic nitrogens is 2. The second-order valence-corrected chi connectivity index (χ2v) is 3.44. The Morgan fingerprint density at radius 3 is 2.89 bits per heavy atom. The highest BCUT2D eigenvalue weighted by atomic mass is 16.7. The minimum atomic E-state index is 0.134. The molecule has 0 saturated heterocycles. The van der Waals surface area contributed by atoms with Crippen LogP contribution in [0, 0.1) is 11.3 Å². The summed E-state index contributed by atoms with van der Waals surface area (Å²) in [4.78, 5) is 7.82. The predicted molar refractivity (Wildman–Crippen MR) is 59.4 cm³/mol. The number of nitrogens with zero attached hydrogens (tertiary/aromatic N) is 3. The first-order valence-corrected chi connectivity index (χ1v) is 5.15. The van der Waals surface area contributed by atoms with Crippen molar-refractivity contribution in [3.05, 3.63) is 36.3 Å². The summed E-state index contributed by atoms with van der Waals surface area (Å²) in [6.45, 7) is 0.202. The Morgan fingerprint density at radius 2 is 2.00 bits per heavy atom. The summed E-state index contributed by atoms with van der Waals surface area (Å²) in [7, 11) is 0. The van der Waals surface area contributed by atoms with Gasteiger partial charge < -0.3 is 14.2 Å². The summed E-state index contributed by atoms with van der Waals surface area (Å²) in [6, 6.07) is 7.04. The summed E-state index contributed by atoms with van der Waals surface area (Å²) in [5.41, 5.74) is 0.134. The van der Waals surface area contributed by atoms with E-state index in [2.05, 4.69) is 9.97 Å². The first-order chi connectivity index (χ1) is 8.86. The van der Waals surface area contributed by atoms with E-state index in [0.717, 1.165) is 0 Å². The topological polar surface area (TPSA) is 77.3 Å². The minimum Gasteiger partial charge on any atom is -0.454 e. The van der Waals surface area contributed by atoms with Gasteiger partial charge in [0.15, 0.2) is 11.5 Å². The van der Waals surface area contributed by atoms with Crippen LogP contribution in [-0.4, -0.2) is 16.8 Å². The Balaban J connectivity index is 1.91. The normalized spacial score (nSPS) is 11.9. The number of ether oxygens (including phenoxy) is 3. The summed E-state index contributed by atoms with van der Waals surface area (Å²) in [6.07, 6.45) is 2.90. The zero-order valence-corrected chi connectivity index (χ0v) is 9.16. The maximum atomic E-state index is 8.87. The van der Waals surface area contributed by atoms with E-state index in [1.165, 1.54) is 12.4 Å². The second-order valence-electron chi connectivity index (χ2n) is 3.44. The first-order valence-electron chi connectivity index (χ1n) is 5.15. The molecule has 1 aromatic carbocycles. The third kappa shape index (κ3) is 1.78. The van der Waals surface area contributed by atoms with Crippen LogP contribution in [0.2, 0.25) is 0 Å². The van der Waals surface area contributed by atoms with Crippen LogP contribution in [0.3, 0.4) is 0 Å². The summed E-state index contributed by atoms with van der Waals surface area (Å²) in [5.74, 6) is 1.95. The van der Waals surface area contributed by atoms with Crippen molar-refractivity contribution in [2.45, 2.75) is 0 Å². The lowest BCUT2D eigenvalue weighted by Crippen LogP contribution is -1.94. The van der Waals surface area contributed by atoms with E-state index < -0.39 is 0 Å². The van der Waals surface area contributed by atoms with Crippen LogP contribution in [0.25, 0.3) is 0 Å². The van der Waals surface area contributed by atoms with Crippen molar-refractivity contribution in [2.24, 2.45) is 0 Å². The van der Waals surface area contributed by atoms with Crippen LogP contribution < -0.4 is 14.2 Å². The summed E-state index contributed by atoms with van der Waals surface area (Å²) >= 11 is 0. The van der Waals surface area contributed by atoms with Gasteiger partial charge in [0.1, 0.15) is 11.8 Å². The lowest BCUT2D eigenvalue weighted by molar-refractivity contribution is 0.174. The van der Waals surface area contributed by atoms with Gasteiger partial charge in [-0.25, -0.2) is 9.97 Å². The maximum absolute atomic E-state index is 8.87. The smallest absolute Gasteiger partial charge is 0.256 e. The molecule has 3 rings (SSSR count). The number of fused-ring (bicyclic) bond motifs is 1. The van der Waals surface area contributed by atoms with E-state index in [1.807, 2.05) is 6.07 Å². The lowest BCUT2D eigenvalue weighted by Gasteiger charge is -2.05. The SMILES string of the molecule is N#Cc1nccnc1Oc1ccc2c(c1)OCO2. The Labute approximate surface area is 102 Å². The van der Waals surface area contributed by atoms with Gasteiger partial charge in [-0.05, 0) is 12.1 Å². The molecule has 0 saturated carbocycles. The zero-order chi connectivity index (χ0) is 12.4. The fraction of sp³-hybridized carbons (Fsp3) is 0.0833. The van der Waals surface area contributed by atoms with E-state index in [-0.39, 0.29) is 18.4 Å². The van der Waals surface area contributed by atoms with Gasteiger partial charge in [-0.15, -0.1) is 0 Å². The van der Waals surface area contributed by atoms with Crippen LogP contribution in [0.15, 0.2) is 30.6 Å². The molecule has 0 aliphatic carbocycles. The molecule has 2 heterocycles. The molecule has 0 unspecified atom stereocenters. The number of rotatable bonds is 2. The number of hydrogen-bond acceptors (Lipinski definition) is 6. The standard InChI is InChI=1S/C12H7N3O3/c13-6-9-12(15-4-3-14-9)18-8-1-2-10-11(5-8)17-7-16-10/h1-5H,7H2. The molecule has 0 N–H and O–H groups in total. The molecular formula is C12H7N3O3. The van der Waals surface area contributed by atoms with Gasteiger partial charge in [0.25, 0.3) is 5.88 Å². The quantitative estimate of drug-likeness (QED) is 0.798. The van der Waals surface area contributed by atoms with E-state index >= 15 is 0 Å². The van der Waals surface area contributed by atoms with E-state index in [1.54, 1.807) is 18.2 Å². The zero-order valence-electron chi connectivity index (χ0n) is 9.16. The van der Waals surface area contributed by atoms with Crippen LogP contribution in [0.1, 0.15) is 5.69 Å².